The van der Waals surface area contributed by atoms with Crippen LogP contribution in [0.3, 0.4) is 0 Å². The molecule has 0 radical (unpaired) electrons. The smallest absolute Gasteiger partial charge is 0.275 e. The number of fused-ring (bicyclic) bond motifs is 1. The minimum atomic E-state index is -0.433. The van der Waals surface area contributed by atoms with Gasteiger partial charge in [0.1, 0.15) is 10.8 Å². The summed E-state index contributed by atoms with van der Waals surface area (Å²) >= 11 is 2.78. The van der Waals surface area contributed by atoms with E-state index in [1.807, 2.05) is 0 Å². The Morgan fingerprint density at radius 1 is 1.43 bits per heavy atom. The zero-order chi connectivity index (χ0) is 15.0. The number of halogens is 1. The number of aromatic nitrogens is 3. The van der Waals surface area contributed by atoms with E-state index in [-0.39, 0.29) is 11.2 Å². The van der Waals surface area contributed by atoms with Gasteiger partial charge in [0, 0.05) is 16.7 Å². The van der Waals surface area contributed by atoms with Crippen LogP contribution in [0.1, 0.15) is 10.7 Å². The Bertz CT molecular complexity index is 874. The predicted octanol–water partition coefficient (Wildman–Crippen LogP) is 2.47. The number of hydrogen-bond donors (Lipinski definition) is 1. The fourth-order valence-corrected chi connectivity index (χ4v) is 3.61. The first kappa shape index (κ1) is 14.0. The topological polar surface area (TPSA) is 73.3 Å². The molecule has 0 amide bonds. The van der Waals surface area contributed by atoms with Gasteiger partial charge in [0.25, 0.3) is 5.56 Å². The van der Waals surface area contributed by atoms with Crippen LogP contribution in [0.15, 0.2) is 34.0 Å². The van der Waals surface area contributed by atoms with Gasteiger partial charge in [-0.25, -0.2) is 9.37 Å². The second kappa shape index (κ2) is 5.45. The summed E-state index contributed by atoms with van der Waals surface area (Å²) in [4.78, 5) is 17.4. The number of rotatable bonds is 3. The van der Waals surface area contributed by atoms with Gasteiger partial charge < -0.3 is 5.73 Å². The molecule has 0 saturated carbocycles. The Labute approximate surface area is 127 Å². The van der Waals surface area contributed by atoms with E-state index in [9.17, 15) is 9.18 Å². The second-order valence-corrected chi connectivity index (χ2v) is 6.49. The lowest BCUT2D eigenvalue weighted by Gasteiger charge is -2.01. The first-order valence-corrected chi connectivity index (χ1v) is 7.87. The highest BCUT2D eigenvalue weighted by atomic mass is 32.2. The quantitative estimate of drug-likeness (QED) is 0.592. The van der Waals surface area contributed by atoms with Crippen LogP contribution in [0, 0.1) is 12.7 Å². The first-order chi connectivity index (χ1) is 10.0. The standard InChI is InChI=1S/C13H11FN4OS2/c1-7-4-12(19)18-13(16-7)21-11(17-18)6-20-8-2-3-10(15)9(14)5-8/h2-5H,6,15H2,1H3. The highest BCUT2D eigenvalue weighted by Gasteiger charge is 2.08. The lowest BCUT2D eigenvalue weighted by atomic mass is 10.3. The van der Waals surface area contributed by atoms with Crippen LogP contribution in [0.25, 0.3) is 4.96 Å². The molecule has 0 aliphatic rings. The third kappa shape index (κ3) is 2.91. The molecule has 5 nitrogen and oxygen atoms in total. The zero-order valence-electron chi connectivity index (χ0n) is 11.0. The summed E-state index contributed by atoms with van der Waals surface area (Å²) in [6, 6.07) is 6.12. The largest absolute Gasteiger partial charge is 0.396 e. The molecular weight excluding hydrogens is 311 g/mol. The van der Waals surface area contributed by atoms with E-state index < -0.39 is 5.82 Å². The van der Waals surface area contributed by atoms with Crippen molar-refractivity contribution in [1.82, 2.24) is 14.6 Å². The van der Waals surface area contributed by atoms with Gasteiger partial charge in [0.2, 0.25) is 4.96 Å². The van der Waals surface area contributed by atoms with Crippen molar-refractivity contribution in [3.8, 4) is 0 Å². The van der Waals surface area contributed by atoms with Crippen molar-refractivity contribution in [2.75, 3.05) is 5.73 Å². The molecule has 0 atom stereocenters. The Balaban J connectivity index is 1.83. The molecule has 0 unspecified atom stereocenters. The van der Waals surface area contributed by atoms with Crippen molar-refractivity contribution in [3.63, 3.8) is 0 Å². The Morgan fingerprint density at radius 2 is 2.24 bits per heavy atom. The fourth-order valence-electron chi connectivity index (χ4n) is 1.76. The number of thioether (sulfide) groups is 1. The SMILES string of the molecule is Cc1cc(=O)n2nc(CSc3ccc(N)c(F)c3)sc2n1. The van der Waals surface area contributed by atoms with Crippen molar-refractivity contribution < 1.29 is 4.39 Å². The average Bonchev–Trinajstić information content (AvgIpc) is 2.83. The molecular formula is C13H11FN4OS2. The van der Waals surface area contributed by atoms with Crippen LogP contribution < -0.4 is 11.3 Å². The van der Waals surface area contributed by atoms with Crippen LogP contribution in [-0.4, -0.2) is 14.6 Å². The van der Waals surface area contributed by atoms with Gasteiger partial charge >= 0.3 is 0 Å². The fraction of sp³-hybridized carbons (Fsp3) is 0.154. The summed E-state index contributed by atoms with van der Waals surface area (Å²) in [6.07, 6.45) is 0. The monoisotopic (exact) mass is 322 g/mol. The Hall–Kier alpha value is -1.93. The summed E-state index contributed by atoms with van der Waals surface area (Å²) in [5.41, 5.74) is 6.05. The van der Waals surface area contributed by atoms with Crippen LogP contribution in [0.2, 0.25) is 0 Å². The van der Waals surface area contributed by atoms with Crippen molar-refractivity contribution in [1.29, 1.82) is 0 Å². The van der Waals surface area contributed by atoms with Gasteiger partial charge in [-0.15, -0.1) is 11.8 Å². The maximum atomic E-state index is 13.4. The van der Waals surface area contributed by atoms with Gasteiger partial charge in [-0.05, 0) is 25.1 Å². The number of nitrogens with zero attached hydrogens (tertiary/aromatic N) is 3. The Morgan fingerprint density at radius 3 is 3.00 bits per heavy atom. The summed E-state index contributed by atoms with van der Waals surface area (Å²) in [5, 5.41) is 4.99. The van der Waals surface area contributed by atoms with Crippen LogP contribution in [-0.2, 0) is 5.75 Å². The Kier molecular flexibility index (Phi) is 3.64. The molecule has 0 bridgehead atoms. The second-order valence-electron chi connectivity index (χ2n) is 4.40. The number of nitrogens with two attached hydrogens (primary N) is 1. The van der Waals surface area contributed by atoms with Gasteiger partial charge in [-0.2, -0.15) is 9.61 Å². The molecule has 2 N–H and O–H groups in total. The number of benzene rings is 1. The minimum absolute atomic E-state index is 0.130. The maximum Gasteiger partial charge on any atom is 0.275 e. The van der Waals surface area contributed by atoms with Crippen LogP contribution >= 0.6 is 23.1 Å². The van der Waals surface area contributed by atoms with Crippen LogP contribution in [0.5, 0.6) is 0 Å². The van der Waals surface area contributed by atoms with Crippen molar-refractivity contribution in [3.05, 3.63) is 51.1 Å². The molecule has 108 valence electrons. The van der Waals surface area contributed by atoms with E-state index in [2.05, 4.69) is 10.1 Å². The molecule has 0 fully saturated rings. The van der Waals surface area contributed by atoms with E-state index in [0.29, 0.717) is 16.4 Å². The molecule has 3 rings (SSSR count). The van der Waals surface area contributed by atoms with E-state index in [4.69, 9.17) is 5.73 Å². The molecule has 0 saturated heterocycles. The molecule has 8 heteroatoms. The maximum absolute atomic E-state index is 13.4. The van der Waals surface area contributed by atoms with E-state index >= 15 is 0 Å². The molecule has 2 aromatic heterocycles. The number of anilines is 1. The molecule has 0 aliphatic carbocycles. The van der Waals surface area contributed by atoms with E-state index in [1.54, 1.807) is 13.0 Å². The normalized spacial score (nSPS) is 11.1. The molecule has 3 aromatic rings. The predicted molar refractivity (Wildman–Crippen MR) is 82.2 cm³/mol. The van der Waals surface area contributed by atoms with Gasteiger partial charge in [0.15, 0.2) is 0 Å². The van der Waals surface area contributed by atoms with Crippen LogP contribution in [0.4, 0.5) is 10.1 Å². The summed E-state index contributed by atoms with van der Waals surface area (Å²) < 4.78 is 14.7. The molecule has 2 heterocycles. The average molecular weight is 322 g/mol. The lowest BCUT2D eigenvalue weighted by molar-refractivity contribution is 0.629. The summed E-state index contributed by atoms with van der Waals surface area (Å²) in [6.45, 7) is 1.77. The zero-order valence-corrected chi connectivity index (χ0v) is 12.7. The molecule has 0 aliphatic heterocycles. The van der Waals surface area contributed by atoms with Gasteiger partial charge in [-0.1, -0.05) is 11.3 Å². The van der Waals surface area contributed by atoms with E-state index in [1.165, 1.54) is 45.8 Å². The molecule has 1 aromatic carbocycles. The lowest BCUT2D eigenvalue weighted by Crippen LogP contribution is -2.14. The third-order valence-corrected chi connectivity index (χ3v) is 4.85. The molecule has 0 spiro atoms. The summed E-state index contributed by atoms with van der Waals surface area (Å²) in [5.74, 6) is 0.105. The van der Waals surface area contributed by atoms with Crippen molar-refractivity contribution >= 4 is 33.7 Å². The van der Waals surface area contributed by atoms with Crippen molar-refractivity contribution in [2.45, 2.75) is 17.6 Å². The van der Waals surface area contributed by atoms with Gasteiger partial charge in [-0.3, -0.25) is 4.79 Å². The highest BCUT2D eigenvalue weighted by molar-refractivity contribution is 7.98. The number of nitrogen functional groups attached to an aromatic ring is 1. The number of hydrogen-bond acceptors (Lipinski definition) is 6. The highest BCUT2D eigenvalue weighted by Crippen LogP contribution is 2.26. The van der Waals surface area contributed by atoms with Gasteiger partial charge in [0.05, 0.1) is 11.4 Å². The number of aryl methyl sites for hydroxylation is 1. The summed E-state index contributed by atoms with van der Waals surface area (Å²) in [7, 11) is 0. The molecule has 21 heavy (non-hydrogen) atoms. The first-order valence-electron chi connectivity index (χ1n) is 6.07. The van der Waals surface area contributed by atoms with Crippen molar-refractivity contribution in [2.24, 2.45) is 0 Å². The van der Waals surface area contributed by atoms with E-state index in [0.717, 1.165) is 9.90 Å². The third-order valence-electron chi connectivity index (χ3n) is 2.75. The minimum Gasteiger partial charge on any atom is -0.396 e.